The molecule has 1 aromatic heterocycles. The number of fused-ring (bicyclic) bond motifs is 1. The fraction of sp³-hybridized carbons (Fsp3) is 0.560. The van der Waals surface area contributed by atoms with Crippen molar-refractivity contribution in [2.75, 3.05) is 6.54 Å². The molecule has 0 atom stereocenters. The van der Waals surface area contributed by atoms with Crippen LogP contribution in [0.1, 0.15) is 76.1 Å². The Morgan fingerprint density at radius 1 is 1.13 bits per heavy atom. The topological polar surface area (TPSA) is 75.4 Å². The first-order valence-corrected chi connectivity index (χ1v) is 11.5. The molecule has 1 N–H and O–H groups in total. The summed E-state index contributed by atoms with van der Waals surface area (Å²) in [4.78, 5) is 31.0. The van der Waals surface area contributed by atoms with Crippen molar-refractivity contribution in [3.05, 3.63) is 58.3 Å². The van der Waals surface area contributed by atoms with Crippen LogP contribution >= 0.6 is 0 Å². The van der Waals surface area contributed by atoms with Crippen molar-refractivity contribution in [1.82, 2.24) is 14.5 Å². The van der Waals surface area contributed by atoms with Crippen molar-refractivity contribution in [2.24, 2.45) is 5.92 Å². The molecule has 0 unspecified atom stereocenters. The molecule has 1 aromatic rings. The second kappa shape index (κ2) is 11.1. The smallest absolute Gasteiger partial charge is 0.315 e. The van der Waals surface area contributed by atoms with E-state index in [0.717, 1.165) is 24.0 Å². The van der Waals surface area contributed by atoms with Gasteiger partial charge < -0.3 is 14.6 Å². The van der Waals surface area contributed by atoms with Gasteiger partial charge in [-0.05, 0) is 43.8 Å². The standard InChI is InChI=1S/C23H31N3O3.C2H6/c1-5-16(18(6-2)17-10-8-7-9-11-17)14-19-24-22(28)21(27)20-23(29)25(15(3)4)12-13-26(19)20;1-2/h5-6,15,17,27H,1-2,7-14H2,3-4H3;1-2H3/b18-16-;. The van der Waals surface area contributed by atoms with E-state index in [9.17, 15) is 14.7 Å². The summed E-state index contributed by atoms with van der Waals surface area (Å²) in [6.07, 6.45) is 10.0. The first kappa shape index (κ1) is 24.6. The zero-order valence-electron chi connectivity index (χ0n) is 19.5. The van der Waals surface area contributed by atoms with E-state index >= 15 is 0 Å². The van der Waals surface area contributed by atoms with Crippen LogP contribution in [0.2, 0.25) is 0 Å². The van der Waals surface area contributed by atoms with Gasteiger partial charge in [-0.15, -0.1) is 0 Å². The number of carbonyl (C=O) groups excluding carboxylic acids is 1. The van der Waals surface area contributed by atoms with Gasteiger partial charge in [0, 0.05) is 25.6 Å². The van der Waals surface area contributed by atoms with Crippen molar-refractivity contribution >= 4 is 5.91 Å². The first-order chi connectivity index (χ1) is 14.9. The van der Waals surface area contributed by atoms with Crippen LogP contribution in [0.5, 0.6) is 5.75 Å². The number of rotatable bonds is 6. The third-order valence-electron chi connectivity index (χ3n) is 6.12. The summed E-state index contributed by atoms with van der Waals surface area (Å²) in [7, 11) is 0. The van der Waals surface area contributed by atoms with Gasteiger partial charge in [-0.1, -0.05) is 58.4 Å². The highest BCUT2D eigenvalue weighted by molar-refractivity contribution is 5.95. The molecule has 0 saturated heterocycles. The lowest BCUT2D eigenvalue weighted by Gasteiger charge is -2.34. The molecule has 0 aromatic carbocycles. The van der Waals surface area contributed by atoms with Gasteiger partial charge in [-0.2, -0.15) is 4.98 Å². The highest BCUT2D eigenvalue weighted by Crippen LogP contribution is 2.33. The third-order valence-corrected chi connectivity index (χ3v) is 6.12. The van der Waals surface area contributed by atoms with Crippen molar-refractivity contribution in [2.45, 2.75) is 78.8 Å². The maximum atomic E-state index is 12.9. The Labute approximate surface area is 186 Å². The molecule has 3 rings (SSSR count). The third kappa shape index (κ3) is 5.17. The predicted molar refractivity (Wildman–Crippen MR) is 125 cm³/mol. The minimum Gasteiger partial charge on any atom is -0.501 e. The Balaban J connectivity index is 0.00000166. The van der Waals surface area contributed by atoms with Crippen LogP contribution < -0.4 is 5.56 Å². The largest absolute Gasteiger partial charge is 0.501 e. The zero-order chi connectivity index (χ0) is 23.1. The van der Waals surface area contributed by atoms with Gasteiger partial charge in [-0.25, -0.2) is 0 Å². The van der Waals surface area contributed by atoms with Crippen molar-refractivity contribution in [3.63, 3.8) is 0 Å². The maximum absolute atomic E-state index is 12.9. The number of nitrogens with zero attached hydrogens (tertiary/aromatic N) is 3. The number of carbonyl (C=O) groups is 1. The van der Waals surface area contributed by atoms with Gasteiger partial charge in [0.2, 0.25) is 5.75 Å². The summed E-state index contributed by atoms with van der Waals surface area (Å²) >= 11 is 0. The molecule has 2 heterocycles. The number of allylic oxidation sites excluding steroid dienone is 4. The molecule has 0 spiro atoms. The molecule has 170 valence electrons. The van der Waals surface area contributed by atoms with Crippen LogP contribution in [0.15, 0.2) is 41.3 Å². The van der Waals surface area contributed by atoms with Crippen LogP contribution in [-0.4, -0.2) is 38.1 Å². The number of hydrogen-bond acceptors (Lipinski definition) is 4. The van der Waals surface area contributed by atoms with E-state index in [1.807, 2.05) is 39.8 Å². The molecule has 1 fully saturated rings. The van der Waals surface area contributed by atoms with Gasteiger partial charge in [0.1, 0.15) is 5.82 Å². The Morgan fingerprint density at radius 2 is 1.77 bits per heavy atom. The van der Waals surface area contributed by atoms with Crippen molar-refractivity contribution in [3.8, 4) is 5.75 Å². The van der Waals surface area contributed by atoms with Crippen LogP contribution in [0.3, 0.4) is 0 Å². The second-order valence-corrected chi connectivity index (χ2v) is 8.17. The molecule has 0 bridgehead atoms. The summed E-state index contributed by atoms with van der Waals surface area (Å²) in [5.74, 6) is 0.0379. The second-order valence-electron chi connectivity index (χ2n) is 8.17. The van der Waals surface area contributed by atoms with E-state index in [-0.39, 0.29) is 17.6 Å². The van der Waals surface area contributed by atoms with Crippen LogP contribution in [0.4, 0.5) is 0 Å². The van der Waals surface area contributed by atoms with Crippen molar-refractivity contribution < 1.29 is 9.90 Å². The van der Waals surface area contributed by atoms with E-state index in [4.69, 9.17) is 0 Å². The summed E-state index contributed by atoms with van der Waals surface area (Å²) in [5.41, 5.74) is 1.42. The molecule has 6 heteroatoms. The number of hydrogen-bond donors (Lipinski definition) is 1. The first-order valence-electron chi connectivity index (χ1n) is 11.5. The van der Waals surface area contributed by atoms with Gasteiger partial charge in [0.05, 0.1) is 0 Å². The normalized spacial score (nSPS) is 17.5. The average molecular weight is 428 g/mol. The molecule has 6 nitrogen and oxygen atoms in total. The molecule has 2 aliphatic rings. The summed E-state index contributed by atoms with van der Waals surface area (Å²) in [6.45, 7) is 16.8. The number of aromatic hydroxyl groups is 1. The van der Waals surface area contributed by atoms with E-state index in [2.05, 4.69) is 18.1 Å². The fourth-order valence-corrected chi connectivity index (χ4v) is 4.56. The Morgan fingerprint density at radius 3 is 2.32 bits per heavy atom. The number of amides is 1. The lowest BCUT2D eigenvalue weighted by Crippen LogP contribution is -2.46. The van der Waals surface area contributed by atoms with E-state index in [1.165, 1.54) is 19.3 Å². The minimum absolute atomic E-state index is 0.00957. The number of aromatic nitrogens is 2. The van der Waals surface area contributed by atoms with Gasteiger partial charge in [-0.3, -0.25) is 9.59 Å². The van der Waals surface area contributed by atoms with Gasteiger partial charge >= 0.3 is 5.56 Å². The molecule has 31 heavy (non-hydrogen) atoms. The Bertz CT molecular complexity index is 905. The SMILES string of the molecule is C=C/C(Cc1nc(=O)c(O)c2n1CCN(C(C)C)C2=O)=C(\C=C)C1CCCCC1.CC. The quantitative estimate of drug-likeness (QED) is 0.672. The highest BCUT2D eigenvalue weighted by atomic mass is 16.3. The van der Waals surface area contributed by atoms with E-state index < -0.39 is 11.3 Å². The molecule has 1 amide bonds. The molecule has 0 radical (unpaired) electrons. The lowest BCUT2D eigenvalue weighted by molar-refractivity contribution is 0.0638. The Kier molecular flexibility index (Phi) is 8.84. The zero-order valence-corrected chi connectivity index (χ0v) is 19.5. The lowest BCUT2D eigenvalue weighted by atomic mass is 9.81. The van der Waals surface area contributed by atoms with Crippen LogP contribution in [0, 0.1) is 5.92 Å². The van der Waals surface area contributed by atoms with Gasteiger partial charge in [0.25, 0.3) is 5.91 Å². The van der Waals surface area contributed by atoms with Crippen molar-refractivity contribution in [1.29, 1.82) is 0 Å². The fourth-order valence-electron chi connectivity index (χ4n) is 4.56. The molecular weight excluding hydrogens is 390 g/mol. The average Bonchev–Trinajstić information content (AvgIpc) is 2.78. The molecular formula is C25H37N3O3. The van der Waals surface area contributed by atoms with E-state index in [1.54, 1.807) is 9.47 Å². The summed E-state index contributed by atoms with van der Waals surface area (Å²) < 4.78 is 1.70. The van der Waals surface area contributed by atoms with Gasteiger partial charge in [0.15, 0.2) is 5.69 Å². The molecule has 1 aliphatic carbocycles. The molecule has 1 saturated carbocycles. The van der Waals surface area contributed by atoms with Crippen LogP contribution in [0.25, 0.3) is 0 Å². The maximum Gasteiger partial charge on any atom is 0.315 e. The molecule has 1 aliphatic heterocycles. The Hall–Kier alpha value is -2.63. The summed E-state index contributed by atoms with van der Waals surface area (Å²) in [5, 5.41) is 10.3. The van der Waals surface area contributed by atoms with E-state index in [0.29, 0.717) is 31.3 Å². The van der Waals surface area contributed by atoms with Crippen LogP contribution in [-0.2, 0) is 13.0 Å². The minimum atomic E-state index is -0.758. The summed E-state index contributed by atoms with van der Waals surface area (Å²) in [6, 6.07) is -0.00957. The monoisotopic (exact) mass is 427 g/mol. The predicted octanol–water partition coefficient (Wildman–Crippen LogP) is 4.63. The highest BCUT2D eigenvalue weighted by Gasteiger charge is 2.32.